The van der Waals surface area contributed by atoms with Crippen molar-refractivity contribution in [3.8, 4) is 0 Å². The zero-order valence-electron chi connectivity index (χ0n) is 9.59. The van der Waals surface area contributed by atoms with E-state index in [0.29, 0.717) is 13.0 Å². The van der Waals surface area contributed by atoms with E-state index in [1.165, 1.54) is 18.4 Å². The molecule has 0 aliphatic heterocycles. The van der Waals surface area contributed by atoms with Crippen LogP contribution in [0.4, 0.5) is 0 Å². The molecule has 0 saturated heterocycles. The smallest absolute Gasteiger partial charge is 0.224 e. The normalized spacial score (nSPS) is 18.1. The summed E-state index contributed by atoms with van der Waals surface area (Å²) in [5, 5.41) is 2.88. The number of carbonyl (C=O) groups excluding carboxylic acids is 1. The van der Waals surface area contributed by atoms with Crippen molar-refractivity contribution >= 4 is 5.91 Å². The van der Waals surface area contributed by atoms with Crippen molar-refractivity contribution in [2.75, 3.05) is 6.54 Å². The molecule has 0 aromatic carbocycles. The summed E-state index contributed by atoms with van der Waals surface area (Å²) in [6.45, 7) is 2.63. The van der Waals surface area contributed by atoms with Crippen molar-refractivity contribution in [3.05, 3.63) is 11.6 Å². The van der Waals surface area contributed by atoms with Gasteiger partial charge in [0.1, 0.15) is 0 Å². The summed E-state index contributed by atoms with van der Waals surface area (Å²) in [5.41, 5.74) is 7.02. The zero-order valence-corrected chi connectivity index (χ0v) is 9.59. The van der Waals surface area contributed by atoms with E-state index in [2.05, 4.69) is 11.4 Å². The molecule has 1 amide bonds. The molecule has 0 saturated carbocycles. The monoisotopic (exact) mass is 210 g/mol. The van der Waals surface area contributed by atoms with Gasteiger partial charge in [0.05, 0.1) is 0 Å². The lowest BCUT2D eigenvalue weighted by molar-refractivity contribution is -0.120. The van der Waals surface area contributed by atoms with Crippen LogP contribution >= 0.6 is 0 Å². The van der Waals surface area contributed by atoms with Crippen LogP contribution in [0.5, 0.6) is 0 Å². The van der Waals surface area contributed by atoms with Gasteiger partial charge in [0, 0.05) is 19.0 Å². The minimum atomic E-state index is 0.0919. The van der Waals surface area contributed by atoms with Gasteiger partial charge in [0.2, 0.25) is 5.91 Å². The quantitative estimate of drug-likeness (QED) is 0.679. The van der Waals surface area contributed by atoms with Gasteiger partial charge in [-0.3, -0.25) is 4.79 Å². The summed E-state index contributed by atoms with van der Waals surface area (Å²) >= 11 is 0. The third-order valence-electron chi connectivity index (χ3n) is 2.86. The molecular weight excluding hydrogens is 188 g/mol. The number of rotatable bonds is 5. The Hall–Kier alpha value is -0.830. The number of nitrogens with one attached hydrogen (secondary N) is 1. The Labute approximate surface area is 92.1 Å². The van der Waals surface area contributed by atoms with Crippen LogP contribution in [0.3, 0.4) is 0 Å². The van der Waals surface area contributed by atoms with Crippen LogP contribution in [0.2, 0.25) is 0 Å². The number of carbonyl (C=O) groups is 1. The minimum Gasteiger partial charge on any atom is -0.354 e. The maximum Gasteiger partial charge on any atom is 0.224 e. The third-order valence-corrected chi connectivity index (χ3v) is 2.86. The maximum absolute atomic E-state index is 11.5. The Bertz CT molecular complexity index is 236. The van der Waals surface area contributed by atoms with Crippen LogP contribution < -0.4 is 11.1 Å². The molecule has 0 heterocycles. The van der Waals surface area contributed by atoms with E-state index in [1.54, 1.807) is 0 Å². The van der Waals surface area contributed by atoms with E-state index in [1.807, 2.05) is 6.92 Å². The van der Waals surface area contributed by atoms with Crippen molar-refractivity contribution in [1.82, 2.24) is 5.32 Å². The van der Waals surface area contributed by atoms with Gasteiger partial charge in [0.25, 0.3) is 0 Å². The molecular formula is C12H22N2O. The summed E-state index contributed by atoms with van der Waals surface area (Å²) in [6, 6.07) is 0.0919. The van der Waals surface area contributed by atoms with Crippen molar-refractivity contribution in [2.24, 2.45) is 5.73 Å². The van der Waals surface area contributed by atoms with Crippen LogP contribution in [-0.2, 0) is 4.79 Å². The summed E-state index contributed by atoms with van der Waals surface area (Å²) in [4.78, 5) is 11.5. The van der Waals surface area contributed by atoms with E-state index in [0.717, 1.165) is 19.3 Å². The molecule has 0 aromatic heterocycles. The molecule has 3 N–H and O–H groups in total. The summed E-state index contributed by atoms with van der Waals surface area (Å²) in [7, 11) is 0. The number of hydrogen-bond acceptors (Lipinski definition) is 2. The average Bonchev–Trinajstić information content (AvgIpc) is 2.27. The van der Waals surface area contributed by atoms with Crippen molar-refractivity contribution < 1.29 is 4.79 Å². The van der Waals surface area contributed by atoms with Gasteiger partial charge in [-0.15, -0.1) is 0 Å². The van der Waals surface area contributed by atoms with Crippen molar-refractivity contribution in [2.45, 2.75) is 51.5 Å². The summed E-state index contributed by atoms with van der Waals surface area (Å²) in [6.07, 6.45) is 8.41. The van der Waals surface area contributed by atoms with Crippen LogP contribution in [0.1, 0.15) is 45.4 Å². The Morgan fingerprint density at radius 2 is 2.40 bits per heavy atom. The average molecular weight is 210 g/mol. The number of amides is 1. The molecule has 0 spiro atoms. The van der Waals surface area contributed by atoms with Gasteiger partial charge >= 0.3 is 0 Å². The summed E-state index contributed by atoms with van der Waals surface area (Å²) in [5.74, 6) is 0.118. The molecule has 15 heavy (non-hydrogen) atoms. The standard InChI is InChI=1S/C12H22N2O/c1-2-11(13)9-14-12(15)8-10-6-4-3-5-7-10/h6,11H,2-5,7-9,13H2,1H3,(H,14,15). The molecule has 1 unspecified atom stereocenters. The first kappa shape index (κ1) is 12.2. The lowest BCUT2D eigenvalue weighted by Gasteiger charge is -2.14. The van der Waals surface area contributed by atoms with Gasteiger partial charge in [-0.05, 0) is 32.1 Å². The number of hydrogen-bond donors (Lipinski definition) is 2. The predicted molar refractivity (Wildman–Crippen MR) is 62.4 cm³/mol. The zero-order chi connectivity index (χ0) is 11.1. The minimum absolute atomic E-state index is 0.0919. The molecule has 0 aromatic rings. The lowest BCUT2D eigenvalue weighted by Crippen LogP contribution is -2.36. The second-order valence-corrected chi connectivity index (χ2v) is 4.26. The first-order chi connectivity index (χ1) is 7.22. The number of allylic oxidation sites excluding steroid dienone is 1. The van der Waals surface area contributed by atoms with Crippen LogP contribution in [-0.4, -0.2) is 18.5 Å². The molecule has 1 rings (SSSR count). The van der Waals surface area contributed by atoms with E-state index in [9.17, 15) is 4.79 Å². The third kappa shape index (κ3) is 4.98. The first-order valence-corrected chi connectivity index (χ1v) is 5.92. The SMILES string of the molecule is CCC(N)CNC(=O)CC1=CCCCC1. The highest BCUT2D eigenvalue weighted by molar-refractivity contribution is 5.78. The van der Waals surface area contributed by atoms with Crippen LogP contribution in [0.15, 0.2) is 11.6 Å². The summed E-state index contributed by atoms with van der Waals surface area (Å²) < 4.78 is 0. The highest BCUT2D eigenvalue weighted by Crippen LogP contribution is 2.19. The lowest BCUT2D eigenvalue weighted by atomic mass is 9.97. The molecule has 1 aliphatic rings. The van der Waals surface area contributed by atoms with E-state index in [-0.39, 0.29) is 11.9 Å². The van der Waals surface area contributed by atoms with Gasteiger partial charge in [-0.1, -0.05) is 18.6 Å². The first-order valence-electron chi connectivity index (χ1n) is 5.92. The second kappa shape index (κ2) is 6.62. The highest BCUT2D eigenvalue weighted by Gasteiger charge is 2.09. The van der Waals surface area contributed by atoms with Crippen LogP contribution in [0, 0.1) is 0 Å². The predicted octanol–water partition coefficient (Wildman–Crippen LogP) is 1.73. The molecule has 3 nitrogen and oxygen atoms in total. The molecule has 0 radical (unpaired) electrons. The Kier molecular flexibility index (Phi) is 5.40. The maximum atomic E-state index is 11.5. The topological polar surface area (TPSA) is 55.1 Å². The van der Waals surface area contributed by atoms with Crippen molar-refractivity contribution in [3.63, 3.8) is 0 Å². The fourth-order valence-electron chi connectivity index (χ4n) is 1.72. The highest BCUT2D eigenvalue weighted by atomic mass is 16.1. The van der Waals surface area contributed by atoms with E-state index < -0.39 is 0 Å². The van der Waals surface area contributed by atoms with Crippen molar-refractivity contribution in [1.29, 1.82) is 0 Å². The fourth-order valence-corrected chi connectivity index (χ4v) is 1.72. The van der Waals surface area contributed by atoms with E-state index in [4.69, 9.17) is 5.73 Å². The van der Waals surface area contributed by atoms with Gasteiger partial charge in [-0.2, -0.15) is 0 Å². The molecule has 86 valence electrons. The molecule has 3 heteroatoms. The largest absolute Gasteiger partial charge is 0.354 e. The molecule has 0 bridgehead atoms. The molecule has 1 aliphatic carbocycles. The fraction of sp³-hybridized carbons (Fsp3) is 0.750. The Balaban J connectivity index is 2.20. The Morgan fingerprint density at radius 1 is 1.60 bits per heavy atom. The number of nitrogens with two attached hydrogens (primary N) is 1. The molecule has 1 atom stereocenters. The second-order valence-electron chi connectivity index (χ2n) is 4.26. The molecule has 0 fully saturated rings. The Morgan fingerprint density at radius 3 is 3.00 bits per heavy atom. The van der Waals surface area contributed by atoms with Gasteiger partial charge in [-0.25, -0.2) is 0 Å². The van der Waals surface area contributed by atoms with E-state index >= 15 is 0 Å². The van der Waals surface area contributed by atoms with Gasteiger partial charge < -0.3 is 11.1 Å². The van der Waals surface area contributed by atoms with Gasteiger partial charge in [0.15, 0.2) is 0 Å². The van der Waals surface area contributed by atoms with Crippen LogP contribution in [0.25, 0.3) is 0 Å².